The average Bonchev–Trinajstić information content (AvgIpc) is 2.78. The van der Waals surface area contributed by atoms with Gasteiger partial charge in [-0.2, -0.15) is 0 Å². The Balaban J connectivity index is 1.88. The molecule has 0 aliphatic heterocycles. The molecule has 0 spiro atoms. The summed E-state index contributed by atoms with van der Waals surface area (Å²) in [6.45, 7) is 0. The lowest BCUT2D eigenvalue weighted by Gasteiger charge is -2.11. The lowest BCUT2D eigenvalue weighted by atomic mass is 9.99. The van der Waals surface area contributed by atoms with Gasteiger partial charge in [-0.1, -0.05) is 36.4 Å². The van der Waals surface area contributed by atoms with Crippen LogP contribution in [0.25, 0.3) is 11.1 Å². The van der Waals surface area contributed by atoms with Gasteiger partial charge in [0.05, 0.1) is 5.52 Å². The minimum absolute atomic E-state index is 0.119. The predicted octanol–water partition coefficient (Wildman–Crippen LogP) is 2.36. The molecule has 4 heteroatoms. The lowest BCUT2D eigenvalue weighted by Crippen LogP contribution is -2.13. The minimum Gasteiger partial charge on any atom is -0.408 e. The summed E-state index contributed by atoms with van der Waals surface area (Å²) in [6, 6.07) is 15.5. The third-order valence-corrected chi connectivity index (χ3v) is 3.17. The van der Waals surface area contributed by atoms with Gasteiger partial charge in [-0.05, 0) is 29.7 Å². The highest BCUT2D eigenvalue weighted by Gasteiger charge is 2.09. The van der Waals surface area contributed by atoms with E-state index in [-0.39, 0.29) is 6.04 Å². The van der Waals surface area contributed by atoms with Crippen molar-refractivity contribution in [2.75, 3.05) is 0 Å². The first kappa shape index (κ1) is 11.7. The summed E-state index contributed by atoms with van der Waals surface area (Å²) >= 11 is 0. The van der Waals surface area contributed by atoms with Crippen LogP contribution in [0, 0.1) is 0 Å². The third-order valence-electron chi connectivity index (χ3n) is 3.17. The number of H-pyrrole nitrogens is 1. The molecule has 0 radical (unpaired) electrons. The van der Waals surface area contributed by atoms with Gasteiger partial charge in [0.15, 0.2) is 5.58 Å². The second-order valence-electron chi connectivity index (χ2n) is 4.57. The number of hydrogen-bond donors (Lipinski definition) is 2. The molecule has 3 aromatic rings. The molecular weight excluding hydrogens is 240 g/mol. The summed E-state index contributed by atoms with van der Waals surface area (Å²) in [4.78, 5) is 13.7. The summed E-state index contributed by atoms with van der Waals surface area (Å²) in [6.07, 6.45) is 0.751. The zero-order chi connectivity index (χ0) is 13.2. The second kappa shape index (κ2) is 4.74. The second-order valence-corrected chi connectivity index (χ2v) is 4.57. The molecule has 0 saturated carbocycles. The van der Waals surface area contributed by atoms with Crippen molar-refractivity contribution in [3.8, 4) is 0 Å². The van der Waals surface area contributed by atoms with Gasteiger partial charge in [0, 0.05) is 6.04 Å². The van der Waals surface area contributed by atoms with Crippen LogP contribution in [0.1, 0.15) is 17.2 Å². The Morgan fingerprint density at radius 3 is 2.74 bits per heavy atom. The quantitative estimate of drug-likeness (QED) is 0.753. The number of aromatic nitrogens is 1. The molecule has 4 nitrogen and oxygen atoms in total. The Labute approximate surface area is 109 Å². The number of rotatable bonds is 3. The van der Waals surface area contributed by atoms with E-state index < -0.39 is 5.76 Å². The van der Waals surface area contributed by atoms with Crippen LogP contribution in [0.3, 0.4) is 0 Å². The highest BCUT2D eigenvalue weighted by atomic mass is 16.4. The fourth-order valence-corrected chi connectivity index (χ4v) is 2.18. The van der Waals surface area contributed by atoms with Crippen LogP contribution in [0.5, 0.6) is 0 Å². The van der Waals surface area contributed by atoms with Gasteiger partial charge < -0.3 is 10.2 Å². The van der Waals surface area contributed by atoms with Gasteiger partial charge >= 0.3 is 5.76 Å². The Bertz CT molecular complexity index is 743. The van der Waals surface area contributed by atoms with Crippen molar-refractivity contribution in [3.63, 3.8) is 0 Å². The number of oxazole rings is 1. The van der Waals surface area contributed by atoms with Crippen molar-refractivity contribution in [1.29, 1.82) is 0 Å². The molecule has 1 aromatic heterocycles. The first-order valence-corrected chi connectivity index (χ1v) is 6.14. The van der Waals surface area contributed by atoms with Gasteiger partial charge in [0.25, 0.3) is 0 Å². The molecule has 0 fully saturated rings. The maximum Gasteiger partial charge on any atom is 0.417 e. The fraction of sp³-hybridized carbons (Fsp3) is 0.133. The molecule has 0 amide bonds. The monoisotopic (exact) mass is 254 g/mol. The molecule has 0 bridgehead atoms. The van der Waals surface area contributed by atoms with Crippen molar-refractivity contribution in [2.45, 2.75) is 12.5 Å². The zero-order valence-electron chi connectivity index (χ0n) is 10.3. The Kier molecular flexibility index (Phi) is 2.93. The summed E-state index contributed by atoms with van der Waals surface area (Å²) in [5.41, 5.74) is 9.58. The number of nitrogens with two attached hydrogens (primary N) is 1. The van der Waals surface area contributed by atoms with E-state index in [1.54, 1.807) is 0 Å². The average molecular weight is 254 g/mol. The van der Waals surface area contributed by atoms with E-state index in [4.69, 9.17) is 10.2 Å². The molecular formula is C15H14N2O2. The van der Waals surface area contributed by atoms with Crippen LogP contribution in [0.4, 0.5) is 0 Å². The summed E-state index contributed by atoms with van der Waals surface area (Å²) in [5, 5.41) is 0. The van der Waals surface area contributed by atoms with Crippen LogP contribution in [-0.2, 0) is 6.42 Å². The van der Waals surface area contributed by atoms with Gasteiger partial charge in [0.1, 0.15) is 0 Å². The molecule has 2 aromatic carbocycles. The van der Waals surface area contributed by atoms with Crippen LogP contribution < -0.4 is 11.5 Å². The van der Waals surface area contributed by atoms with Crippen LogP contribution >= 0.6 is 0 Å². The maximum atomic E-state index is 11.1. The number of nitrogens with one attached hydrogen (secondary N) is 1. The Morgan fingerprint density at radius 2 is 1.95 bits per heavy atom. The Hall–Kier alpha value is -2.33. The van der Waals surface area contributed by atoms with E-state index in [0.29, 0.717) is 11.1 Å². The maximum absolute atomic E-state index is 11.1. The van der Waals surface area contributed by atoms with Crippen LogP contribution in [-0.4, -0.2) is 4.98 Å². The van der Waals surface area contributed by atoms with E-state index in [0.717, 1.165) is 12.0 Å². The van der Waals surface area contributed by atoms with Gasteiger partial charge in [-0.15, -0.1) is 0 Å². The molecule has 0 aliphatic carbocycles. The molecule has 0 saturated heterocycles. The van der Waals surface area contributed by atoms with Crippen molar-refractivity contribution in [2.24, 2.45) is 5.73 Å². The van der Waals surface area contributed by atoms with Gasteiger partial charge in [0.2, 0.25) is 0 Å². The van der Waals surface area contributed by atoms with Gasteiger partial charge in [-0.3, -0.25) is 4.98 Å². The van der Waals surface area contributed by atoms with E-state index in [9.17, 15) is 4.79 Å². The molecule has 1 heterocycles. The molecule has 3 rings (SSSR count). The molecule has 19 heavy (non-hydrogen) atoms. The molecule has 1 unspecified atom stereocenters. The number of benzene rings is 2. The van der Waals surface area contributed by atoms with Crippen molar-refractivity contribution < 1.29 is 4.42 Å². The van der Waals surface area contributed by atoms with E-state index >= 15 is 0 Å². The minimum atomic E-state index is -0.441. The number of fused-ring (bicyclic) bond motifs is 1. The zero-order valence-corrected chi connectivity index (χ0v) is 10.3. The van der Waals surface area contributed by atoms with Crippen molar-refractivity contribution in [1.82, 2.24) is 4.98 Å². The number of aromatic amines is 1. The standard InChI is InChI=1S/C15H14N2O2/c16-12(8-10-4-2-1-3-5-10)11-6-7-13-14(9-11)19-15(18)17-13/h1-7,9,12H,8,16H2,(H,17,18). The predicted molar refractivity (Wildman–Crippen MR) is 73.9 cm³/mol. The summed E-state index contributed by atoms with van der Waals surface area (Å²) in [7, 11) is 0. The summed E-state index contributed by atoms with van der Waals surface area (Å²) < 4.78 is 5.04. The Morgan fingerprint density at radius 1 is 1.16 bits per heavy atom. The normalized spacial score (nSPS) is 12.7. The molecule has 0 aliphatic rings. The van der Waals surface area contributed by atoms with Crippen LogP contribution in [0.2, 0.25) is 0 Å². The smallest absolute Gasteiger partial charge is 0.408 e. The fourth-order valence-electron chi connectivity index (χ4n) is 2.18. The highest BCUT2D eigenvalue weighted by molar-refractivity contribution is 5.72. The largest absolute Gasteiger partial charge is 0.417 e. The van der Waals surface area contributed by atoms with Crippen molar-refractivity contribution >= 4 is 11.1 Å². The summed E-state index contributed by atoms with van der Waals surface area (Å²) in [5.74, 6) is -0.441. The first-order chi connectivity index (χ1) is 9.22. The van der Waals surface area contributed by atoms with Crippen molar-refractivity contribution in [3.05, 3.63) is 70.2 Å². The third kappa shape index (κ3) is 2.44. The lowest BCUT2D eigenvalue weighted by molar-refractivity contribution is 0.554. The SMILES string of the molecule is NC(Cc1ccccc1)c1ccc2[nH]c(=O)oc2c1. The van der Waals surface area contributed by atoms with Gasteiger partial charge in [-0.25, -0.2) is 4.79 Å². The van der Waals surface area contributed by atoms with E-state index in [1.807, 2.05) is 36.4 Å². The van der Waals surface area contributed by atoms with E-state index in [1.165, 1.54) is 5.56 Å². The topological polar surface area (TPSA) is 72.0 Å². The van der Waals surface area contributed by atoms with Crippen LogP contribution in [0.15, 0.2) is 57.7 Å². The highest BCUT2D eigenvalue weighted by Crippen LogP contribution is 2.20. The first-order valence-electron chi connectivity index (χ1n) is 6.14. The molecule has 96 valence electrons. The molecule has 1 atom stereocenters. The number of hydrogen-bond acceptors (Lipinski definition) is 3. The molecule has 3 N–H and O–H groups in total. The van der Waals surface area contributed by atoms with E-state index in [2.05, 4.69) is 17.1 Å².